The second-order valence-corrected chi connectivity index (χ2v) is 7.67. The number of rotatable bonds is 2. The summed E-state index contributed by atoms with van der Waals surface area (Å²) in [5.74, 6) is 0.456. The predicted molar refractivity (Wildman–Crippen MR) is 98.5 cm³/mol. The molecule has 1 aliphatic rings. The van der Waals surface area contributed by atoms with Crippen LogP contribution in [0.25, 0.3) is 11.1 Å². The van der Waals surface area contributed by atoms with Crippen molar-refractivity contribution in [3.8, 4) is 11.1 Å². The molecule has 2 N–H and O–H groups in total. The third-order valence-corrected chi connectivity index (χ3v) is 5.03. The van der Waals surface area contributed by atoms with Gasteiger partial charge in [-0.05, 0) is 50.4 Å². The molecular weight excluding hydrogens is 280 g/mol. The molecule has 3 rings (SSSR count). The number of nitrogens with two attached hydrogens (primary N) is 1. The first-order valence-corrected chi connectivity index (χ1v) is 8.61. The van der Waals surface area contributed by atoms with Crippen molar-refractivity contribution in [3.05, 3.63) is 60.2 Å². The number of hydrogen-bond acceptors (Lipinski definition) is 2. The molecule has 0 saturated carbocycles. The maximum Gasteiger partial charge on any atom is 0.0238 e. The van der Waals surface area contributed by atoms with Crippen LogP contribution in [-0.4, -0.2) is 29.6 Å². The van der Waals surface area contributed by atoms with E-state index in [1.807, 2.05) is 0 Å². The van der Waals surface area contributed by atoms with Crippen LogP contribution in [0.5, 0.6) is 0 Å². The van der Waals surface area contributed by atoms with E-state index in [0.29, 0.717) is 5.92 Å². The van der Waals surface area contributed by atoms with Gasteiger partial charge in [-0.25, -0.2) is 0 Å². The Balaban J connectivity index is 1.81. The van der Waals surface area contributed by atoms with Crippen molar-refractivity contribution in [2.45, 2.75) is 44.7 Å². The number of nitrogens with zero attached hydrogens (tertiary/aromatic N) is 1. The molecule has 1 fully saturated rings. The zero-order chi connectivity index (χ0) is 16.4. The number of benzene rings is 2. The SMILES string of the molecule is CC(C)(C)N1CC[C@H](c2cccc(-c3ccccc3)c2)[C@@H](N)C1. The summed E-state index contributed by atoms with van der Waals surface area (Å²) in [6.45, 7) is 8.92. The first-order chi connectivity index (χ1) is 10.9. The van der Waals surface area contributed by atoms with E-state index >= 15 is 0 Å². The third kappa shape index (κ3) is 3.65. The second-order valence-electron chi connectivity index (χ2n) is 7.67. The molecule has 0 aliphatic carbocycles. The van der Waals surface area contributed by atoms with Crippen LogP contribution in [0.4, 0.5) is 0 Å². The Morgan fingerprint density at radius 3 is 2.30 bits per heavy atom. The zero-order valence-corrected chi connectivity index (χ0v) is 14.5. The summed E-state index contributed by atoms with van der Waals surface area (Å²) in [4.78, 5) is 2.51. The van der Waals surface area contributed by atoms with Crippen LogP contribution in [-0.2, 0) is 0 Å². The van der Waals surface area contributed by atoms with Crippen LogP contribution in [0, 0.1) is 0 Å². The average molecular weight is 308 g/mol. The summed E-state index contributed by atoms with van der Waals surface area (Å²) in [6, 6.07) is 19.7. The van der Waals surface area contributed by atoms with Crippen molar-refractivity contribution >= 4 is 0 Å². The highest BCUT2D eigenvalue weighted by atomic mass is 15.2. The number of piperidine rings is 1. The Morgan fingerprint density at radius 1 is 0.957 bits per heavy atom. The van der Waals surface area contributed by atoms with Crippen molar-refractivity contribution in [1.29, 1.82) is 0 Å². The molecule has 0 radical (unpaired) electrons. The highest BCUT2D eigenvalue weighted by Crippen LogP contribution is 2.32. The monoisotopic (exact) mass is 308 g/mol. The number of likely N-dealkylation sites (tertiary alicyclic amines) is 1. The van der Waals surface area contributed by atoms with Gasteiger partial charge in [-0.3, -0.25) is 4.90 Å². The van der Waals surface area contributed by atoms with Gasteiger partial charge in [0.15, 0.2) is 0 Å². The summed E-state index contributed by atoms with van der Waals surface area (Å²) in [6.07, 6.45) is 1.14. The summed E-state index contributed by atoms with van der Waals surface area (Å²) in [5, 5.41) is 0. The van der Waals surface area contributed by atoms with Crippen LogP contribution in [0.15, 0.2) is 54.6 Å². The van der Waals surface area contributed by atoms with E-state index < -0.39 is 0 Å². The summed E-state index contributed by atoms with van der Waals surface area (Å²) in [7, 11) is 0. The third-order valence-electron chi connectivity index (χ3n) is 5.03. The molecule has 1 heterocycles. The topological polar surface area (TPSA) is 29.3 Å². The fourth-order valence-electron chi connectivity index (χ4n) is 3.58. The Kier molecular flexibility index (Phi) is 4.56. The van der Waals surface area contributed by atoms with Gasteiger partial charge in [0.2, 0.25) is 0 Å². The van der Waals surface area contributed by atoms with Gasteiger partial charge >= 0.3 is 0 Å². The molecule has 23 heavy (non-hydrogen) atoms. The van der Waals surface area contributed by atoms with E-state index in [4.69, 9.17) is 5.73 Å². The van der Waals surface area contributed by atoms with Crippen LogP contribution < -0.4 is 5.73 Å². The molecule has 1 aliphatic heterocycles. The highest BCUT2D eigenvalue weighted by Gasteiger charge is 2.32. The largest absolute Gasteiger partial charge is 0.326 e. The van der Waals surface area contributed by atoms with Gasteiger partial charge < -0.3 is 5.73 Å². The average Bonchev–Trinajstić information content (AvgIpc) is 2.55. The van der Waals surface area contributed by atoms with Gasteiger partial charge in [-0.1, -0.05) is 54.6 Å². The molecule has 1 saturated heterocycles. The summed E-state index contributed by atoms with van der Waals surface area (Å²) >= 11 is 0. The fraction of sp³-hybridized carbons (Fsp3) is 0.429. The fourth-order valence-corrected chi connectivity index (χ4v) is 3.58. The molecule has 0 bridgehead atoms. The molecule has 2 aromatic carbocycles. The quantitative estimate of drug-likeness (QED) is 0.898. The Morgan fingerprint density at radius 2 is 1.65 bits per heavy atom. The minimum Gasteiger partial charge on any atom is -0.326 e. The van der Waals surface area contributed by atoms with E-state index in [9.17, 15) is 0 Å². The molecule has 122 valence electrons. The lowest BCUT2D eigenvalue weighted by atomic mass is 9.83. The Bertz CT molecular complexity index is 642. The van der Waals surface area contributed by atoms with Gasteiger partial charge in [-0.2, -0.15) is 0 Å². The van der Waals surface area contributed by atoms with Crippen LogP contribution >= 0.6 is 0 Å². The van der Waals surface area contributed by atoms with E-state index in [1.165, 1.54) is 16.7 Å². The number of hydrogen-bond donors (Lipinski definition) is 1. The van der Waals surface area contributed by atoms with Crippen LogP contribution in [0.3, 0.4) is 0 Å². The molecule has 0 amide bonds. The van der Waals surface area contributed by atoms with Crippen LogP contribution in [0.2, 0.25) is 0 Å². The molecule has 2 nitrogen and oxygen atoms in total. The summed E-state index contributed by atoms with van der Waals surface area (Å²) in [5.41, 5.74) is 10.7. The van der Waals surface area contributed by atoms with Gasteiger partial charge in [0.1, 0.15) is 0 Å². The minimum absolute atomic E-state index is 0.203. The maximum atomic E-state index is 6.55. The minimum atomic E-state index is 0.203. The van der Waals surface area contributed by atoms with E-state index in [0.717, 1.165) is 19.5 Å². The lowest BCUT2D eigenvalue weighted by molar-refractivity contribution is 0.0902. The van der Waals surface area contributed by atoms with Crippen molar-refractivity contribution < 1.29 is 0 Å². The lowest BCUT2D eigenvalue weighted by Crippen LogP contribution is -2.54. The molecule has 2 atom stereocenters. The van der Waals surface area contributed by atoms with Crippen molar-refractivity contribution in [1.82, 2.24) is 4.90 Å². The molecule has 0 unspecified atom stereocenters. The van der Waals surface area contributed by atoms with E-state index in [2.05, 4.69) is 80.3 Å². The molecule has 0 aromatic heterocycles. The van der Waals surface area contributed by atoms with E-state index in [-0.39, 0.29) is 11.6 Å². The lowest BCUT2D eigenvalue weighted by Gasteiger charge is -2.44. The van der Waals surface area contributed by atoms with E-state index in [1.54, 1.807) is 0 Å². The van der Waals surface area contributed by atoms with Crippen molar-refractivity contribution in [2.75, 3.05) is 13.1 Å². The van der Waals surface area contributed by atoms with Gasteiger partial charge in [0.05, 0.1) is 0 Å². The Hall–Kier alpha value is -1.64. The van der Waals surface area contributed by atoms with Crippen LogP contribution in [0.1, 0.15) is 38.7 Å². The predicted octanol–water partition coefficient (Wildman–Crippen LogP) is 4.27. The second kappa shape index (κ2) is 6.46. The van der Waals surface area contributed by atoms with Gasteiger partial charge in [-0.15, -0.1) is 0 Å². The Labute approximate surface area is 140 Å². The molecule has 2 heteroatoms. The molecule has 2 aromatic rings. The smallest absolute Gasteiger partial charge is 0.0238 e. The normalized spacial score (nSPS) is 23.0. The van der Waals surface area contributed by atoms with Crippen molar-refractivity contribution in [3.63, 3.8) is 0 Å². The zero-order valence-electron chi connectivity index (χ0n) is 14.5. The molecular formula is C21H28N2. The van der Waals surface area contributed by atoms with Gasteiger partial charge in [0, 0.05) is 24.0 Å². The highest BCUT2D eigenvalue weighted by molar-refractivity contribution is 5.64. The van der Waals surface area contributed by atoms with Crippen molar-refractivity contribution in [2.24, 2.45) is 5.73 Å². The maximum absolute atomic E-state index is 6.55. The summed E-state index contributed by atoms with van der Waals surface area (Å²) < 4.78 is 0. The first kappa shape index (κ1) is 16.2. The first-order valence-electron chi connectivity index (χ1n) is 8.61. The van der Waals surface area contributed by atoms with Gasteiger partial charge in [0.25, 0.3) is 0 Å². The standard InChI is InChI=1S/C21H28N2/c1-21(2,3)23-13-12-19(20(22)15-23)18-11-7-10-17(14-18)16-8-5-4-6-9-16/h4-11,14,19-20H,12-13,15,22H2,1-3H3/t19-,20+/m1/s1. The molecule has 0 spiro atoms.